The van der Waals surface area contributed by atoms with E-state index in [1.165, 1.54) is 87.0 Å². The van der Waals surface area contributed by atoms with Crippen LogP contribution in [0.1, 0.15) is 166 Å². The number of pyridine rings is 2. The van der Waals surface area contributed by atoms with Crippen LogP contribution < -0.4 is 0 Å². The summed E-state index contributed by atoms with van der Waals surface area (Å²) in [4.78, 5) is 10.9. The topological polar surface area (TPSA) is 25.8 Å². The molecule has 3 atom stereocenters. The molecule has 36 heavy (non-hydrogen) atoms. The van der Waals surface area contributed by atoms with Crippen molar-refractivity contribution < 1.29 is 0 Å². The molecule has 2 nitrogen and oxygen atoms in total. The van der Waals surface area contributed by atoms with Crippen molar-refractivity contribution in [1.82, 2.24) is 9.97 Å². The van der Waals surface area contributed by atoms with Crippen molar-refractivity contribution in [2.75, 3.05) is 0 Å². The second kappa shape index (κ2) is 7.67. The van der Waals surface area contributed by atoms with Crippen LogP contribution in [0, 0.1) is 12.8 Å². The fraction of sp³-hybridized carbons (Fsp3) is 0.706. The van der Waals surface area contributed by atoms with Crippen molar-refractivity contribution >= 4 is 0 Å². The van der Waals surface area contributed by atoms with Gasteiger partial charge in [-0.1, -0.05) is 41.5 Å². The number of aryl methyl sites for hydroxylation is 2. The number of hydrogen-bond acceptors (Lipinski definition) is 2. The Kier molecular flexibility index (Phi) is 4.99. The van der Waals surface area contributed by atoms with Gasteiger partial charge in [-0.25, -0.2) is 0 Å². The molecule has 3 unspecified atom stereocenters. The maximum Gasteiger partial charge on any atom is 0.0476 e. The van der Waals surface area contributed by atoms with Crippen LogP contribution in [0.4, 0.5) is 0 Å². The Morgan fingerprint density at radius 1 is 0.639 bits per heavy atom. The van der Waals surface area contributed by atoms with Crippen LogP contribution in [-0.2, 0) is 30.1 Å². The predicted octanol–water partition coefficient (Wildman–Crippen LogP) is 8.46. The van der Waals surface area contributed by atoms with Crippen LogP contribution in [0.15, 0.2) is 0 Å². The molecule has 0 amide bonds. The number of hydrogen-bond donors (Lipinski definition) is 0. The van der Waals surface area contributed by atoms with Crippen molar-refractivity contribution in [1.29, 1.82) is 0 Å². The zero-order valence-electron chi connectivity index (χ0n) is 23.9. The molecule has 0 bridgehead atoms. The van der Waals surface area contributed by atoms with Gasteiger partial charge in [0.1, 0.15) is 0 Å². The van der Waals surface area contributed by atoms with Crippen LogP contribution in [0.3, 0.4) is 0 Å². The smallest absolute Gasteiger partial charge is 0.0476 e. The van der Waals surface area contributed by atoms with E-state index in [0.29, 0.717) is 11.8 Å². The lowest BCUT2D eigenvalue weighted by Gasteiger charge is -2.29. The van der Waals surface area contributed by atoms with Gasteiger partial charge >= 0.3 is 0 Å². The van der Waals surface area contributed by atoms with E-state index in [-0.39, 0.29) is 10.8 Å². The second-order valence-electron chi connectivity index (χ2n) is 15.1. The Bertz CT molecular complexity index is 1250. The minimum Gasteiger partial charge on any atom is -0.258 e. The second-order valence-corrected chi connectivity index (χ2v) is 15.1. The molecule has 3 saturated carbocycles. The average Bonchev–Trinajstić information content (AvgIpc) is 3.69. The number of nitrogens with zero attached hydrogens (tertiary/aromatic N) is 2. The molecule has 7 rings (SSSR count). The first kappa shape index (κ1) is 23.4. The first-order valence-electron chi connectivity index (χ1n) is 15.1. The molecule has 2 aromatic heterocycles. The molecule has 0 radical (unpaired) electrons. The van der Waals surface area contributed by atoms with Gasteiger partial charge < -0.3 is 0 Å². The molecule has 2 aromatic rings. The fourth-order valence-electron chi connectivity index (χ4n) is 8.43. The molecule has 2 heterocycles. The highest BCUT2D eigenvalue weighted by Gasteiger charge is 2.51. The molecule has 0 N–H and O–H groups in total. The molecule has 192 valence electrons. The van der Waals surface area contributed by atoms with Crippen molar-refractivity contribution in [3.63, 3.8) is 0 Å². The third kappa shape index (κ3) is 3.64. The standard InChI is InChI=1S/C34H46N2/c1-18-27(29(33(2,3)4)22-9-8-10-26(22)35-18)25-17-24(25)21-15-16-23-30(34(5,6)7)28(19-11-12-19)31(20-13-14-20)36-32(21)23/h19-21,24-25H,8-17H2,1-7H3. The number of fused-ring (bicyclic) bond motifs is 2. The third-order valence-electron chi connectivity index (χ3n) is 10.1. The van der Waals surface area contributed by atoms with Gasteiger partial charge in [0.05, 0.1) is 0 Å². The van der Waals surface area contributed by atoms with Gasteiger partial charge in [-0.3, -0.25) is 9.97 Å². The first-order valence-corrected chi connectivity index (χ1v) is 15.1. The third-order valence-corrected chi connectivity index (χ3v) is 10.1. The maximum absolute atomic E-state index is 5.66. The summed E-state index contributed by atoms with van der Waals surface area (Å²) < 4.78 is 0. The Balaban J connectivity index is 1.31. The fourth-order valence-corrected chi connectivity index (χ4v) is 8.43. The van der Waals surface area contributed by atoms with E-state index >= 15 is 0 Å². The minimum absolute atomic E-state index is 0.189. The van der Waals surface area contributed by atoms with E-state index in [2.05, 4.69) is 48.5 Å². The largest absolute Gasteiger partial charge is 0.258 e. The summed E-state index contributed by atoms with van der Waals surface area (Å²) >= 11 is 0. The molecule has 5 aliphatic carbocycles. The summed E-state index contributed by atoms with van der Waals surface area (Å²) in [5.41, 5.74) is 16.2. The number of rotatable bonds is 4. The van der Waals surface area contributed by atoms with Gasteiger partial charge in [0, 0.05) is 34.6 Å². The highest BCUT2D eigenvalue weighted by atomic mass is 14.8. The molecule has 0 saturated heterocycles. The van der Waals surface area contributed by atoms with Gasteiger partial charge in [-0.2, -0.15) is 0 Å². The first-order chi connectivity index (χ1) is 17.0. The quantitative estimate of drug-likeness (QED) is 0.437. The maximum atomic E-state index is 5.66. The van der Waals surface area contributed by atoms with E-state index in [0.717, 1.165) is 17.8 Å². The molecule has 3 fully saturated rings. The minimum atomic E-state index is 0.189. The Labute approximate surface area is 219 Å². The van der Waals surface area contributed by atoms with Crippen LogP contribution in [0.5, 0.6) is 0 Å². The summed E-state index contributed by atoms with van der Waals surface area (Å²) in [6, 6.07) is 0. The summed E-state index contributed by atoms with van der Waals surface area (Å²) in [6.45, 7) is 17.0. The zero-order valence-corrected chi connectivity index (χ0v) is 23.9. The van der Waals surface area contributed by atoms with Crippen molar-refractivity contribution in [2.24, 2.45) is 5.92 Å². The van der Waals surface area contributed by atoms with Gasteiger partial charge in [0.15, 0.2) is 0 Å². The number of aromatic nitrogens is 2. The summed E-state index contributed by atoms with van der Waals surface area (Å²) in [6.07, 6.45) is 13.1. The molecule has 5 aliphatic rings. The zero-order chi connectivity index (χ0) is 25.1. The van der Waals surface area contributed by atoms with Crippen LogP contribution in [-0.4, -0.2) is 9.97 Å². The highest BCUT2D eigenvalue weighted by Crippen LogP contribution is 2.62. The molecule has 2 heteroatoms. The molecule has 0 aliphatic heterocycles. The van der Waals surface area contributed by atoms with Crippen LogP contribution in [0.25, 0.3) is 0 Å². The van der Waals surface area contributed by atoms with E-state index < -0.39 is 0 Å². The van der Waals surface area contributed by atoms with Gasteiger partial charge in [0.25, 0.3) is 0 Å². The van der Waals surface area contributed by atoms with E-state index in [4.69, 9.17) is 9.97 Å². The van der Waals surface area contributed by atoms with Crippen molar-refractivity contribution in [2.45, 2.75) is 147 Å². The van der Waals surface area contributed by atoms with E-state index in [1.54, 1.807) is 33.4 Å². The van der Waals surface area contributed by atoms with Gasteiger partial charge in [0.2, 0.25) is 0 Å². The molecular formula is C34H46N2. The predicted molar refractivity (Wildman–Crippen MR) is 148 cm³/mol. The summed E-state index contributed by atoms with van der Waals surface area (Å²) in [5, 5.41) is 0. The molecule has 0 spiro atoms. The lowest BCUT2D eigenvalue weighted by Crippen LogP contribution is -2.21. The van der Waals surface area contributed by atoms with Crippen molar-refractivity contribution in [3.8, 4) is 0 Å². The normalized spacial score (nSPS) is 27.4. The lowest BCUT2D eigenvalue weighted by atomic mass is 9.77. The molecular weight excluding hydrogens is 436 g/mol. The van der Waals surface area contributed by atoms with Gasteiger partial charge in [-0.15, -0.1) is 0 Å². The highest BCUT2D eigenvalue weighted by molar-refractivity contribution is 5.54. The summed E-state index contributed by atoms with van der Waals surface area (Å²) in [7, 11) is 0. The Morgan fingerprint density at radius 2 is 1.31 bits per heavy atom. The summed E-state index contributed by atoms with van der Waals surface area (Å²) in [5.74, 6) is 3.64. The lowest BCUT2D eigenvalue weighted by molar-refractivity contribution is 0.551. The van der Waals surface area contributed by atoms with Gasteiger partial charge in [-0.05, 0) is 133 Å². The average molecular weight is 483 g/mol. The van der Waals surface area contributed by atoms with Crippen LogP contribution >= 0.6 is 0 Å². The van der Waals surface area contributed by atoms with E-state index in [1.807, 2.05) is 0 Å². The monoisotopic (exact) mass is 482 g/mol. The SMILES string of the molecule is Cc1nc2c(c(C(C)(C)C)c1C1CC1C1CCc3c1nc(C1CC1)c(C1CC1)c3C(C)(C)C)CCC2. The Morgan fingerprint density at radius 3 is 1.94 bits per heavy atom. The molecule has 0 aromatic carbocycles. The Hall–Kier alpha value is -1.70. The van der Waals surface area contributed by atoms with Crippen LogP contribution in [0.2, 0.25) is 0 Å². The van der Waals surface area contributed by atoms with E-state index in [9.17, 15) is 0 Å². The van der Waals surface area contributed by atoms with Crippen molar-refractivity contribution in [3.05, 3.63) is 56.2 Å².